The minimum Gasteiger partial charge on any atom is -0.350 e. The summed E-state index contributed by atoms with van der Waals surface area (Å²) in [6.07, 6.45) is -2.70. The lowest BCUT2D eigenvalue weighted by Crippen LogP contribution is -2.28. The summed E-state index contributed by atoms with van der Waals surface area (Å²) in [5.74, 6) is -0.124. The van der Waals surface area contributed by atoms with Crippen molar-refractivity contribution in [2.75, 3.05) is 6.54 Å². The number of carbonyl (C=O) groups excluding carboxylic acids is 1. The minimum atomic E-state index is -4.46. The normalized spacial score (nSPS) is 14.0. The Hall–Kier alpha value is -3.09. The van der Waals surface area contributed by atoms with Crippen molar-refractivity contribution in [3.8, 4) is 11.1 Å². The molecule has 1 aromatic heterocycles. The van der Waals surface area contributed by atoms with Crippen LogP contribution in [0.15, 0.2) is 60.7 Å². The van der Waals surface area contributed by atoms with Gasteiger partial charge in [-0.15, -0.1) is 0 Å². The van der Waals surface area contributed by atoms with E-state index in [-0.39, 0.29) is 24.9 Å². The average molecular weight is 399 g/mol. The molecule has 4 nitrogen and oxygen atoms in total. The summed E-state index contributed by atoms with van der Waals surface area (Å²) in [7, 11) is 0. The van der Waals surface area contributed by atoms with E-state index in [2.05, 4.69) is 10.4 Å². The van der Waals surface area contributed by atoms with Gasteiger partial charge in [0.25, 0.3) is 5.91 Å². The predicted molar refractivity (Wildman–Crippen MR) is 103 cm³/mol. The van der Waals surface area contributed by atoms with Crippen LogP contribution in [0.5, 0.6) is 0 Å². The lowest BCUT2D eigenvalue weighted by molar-refractivity contribution is -0.141. The van der Waals surface area contributed by atoms with Crippen LogP contribution in [0, 0.1) is 0 Å². The molecule has 1 heterocycles. The van der Waals surface area contributed by atoms with Crippen LogP contribution in [0.1, 0.15) is 40.5 Å². The maximum atomic E-state index is 12.9. The van der Waals surface area contributed by atoms with E-state index >= 15 is 0 Å². The molecule has 150 valence electrons. The molecule has 2 aromatic carbocycles. The van der Waals surface area contributed by atoms with Gasteiger partial charge in [-0.25, -0.2) is 0 Å². The SMILES string of the molecule is O=C(NCCn1nc(C(F)(F)F)cc1C1CC1)c1ccc(-c2ccccc2)cc1. The first kappa shape index (κ1) is 19.2. The zero-order valence-electron chi connectivity index (χ0n) is 15.6. The molecule has 1 aliphatic rings. The molecule has 0 unspecified atom stereocenters. The zero-order chi connectivity index (χ0) is 20.4. The first-order valence-electron chi connectivity index (χ1n) is 9.50. The van der Waals surface area contributed by atoms with E-state index in [4.69, 9.17) is 0 Å². The number of aromatic nitrogens is 2. The third kappa shape index (κ3) is 4.50. The Morgan fingerprint density at radius 3 is 2.31 bits per heavy atom. The van der Waals surface area contributed by atoms with E-state index in [1.54, 1.807) is 12.1 Å². The van der Waals surface area contributed by atoms with Gasteiger partial charge in [0, 0.05) is 23.7 Å². The molecular formula is C22H20F3N3O. The van der Waals surface area contributed by atoms with Crippen LogP contribution in [0.3, 0.4) is 0 Å². The van der Waals surface area contributed by atoms with Gasteiger partial charge in [0.15, 0.2) is 5.69 Å². The summed E-state index contributed by atoms with van der Waals surface area (Å²) in [4.78, 5) is 12.4. The highest BCUT2D eigenvalue weighted by Gasteiger charge is 2.37. The van der Waals surface area contributed by atoms with Gasteiger partial charge in [-0.05, 0) is 42.2 Å². The highest BCUT2D eigenvalue weighted by Crippen LogP contribution is 2.42. The molecule has 3 aromatic rings. The average Bonchev–Trinajstić information content (AvgIpc) is 3.47. The molecule has 0 spiro atoms. The maximum Gasteiger partial charge on any atom is 0.435 e. The fraction of sp³-hybridized carbons (Fsp3) is 0.273. The Balaban J connectivity index is 1.37. The number of alkyl halides is 3. The third-order valence-electron chi connectivity index (χ3n) is 4.96. The first-order chi connectivity index (χ1) is 13.9. The van der Waals surface area contributed by atoms with E-state index in [0.29, 0.717) is 11.3 Å². The molecule has 1 aliphatic carbocycles. The van der Waals surface area contributed by atoms with E-state index < -0.39 is 11.9 Å². The number of hydrogen-bond donors (Lipinski definition) is 1. The molecule has 1 amide bonds. The number of nitrogens with zero attached hydrogens (tertiary/aromatic N) is 2. The number of benzene rings is 2. The van der Waals surface area contributed by atoms with Crippen molar-refractivity contribution in [3.63, 3.8) is 0 Å². The number of rotatable bonds is 6. The van der Waals surface area contributed by atoms with Gasteiger partial charge in [-0.2, -0.15) is 18.3 Å². The second-order valence-electron chi connectivity index (χ2n) is 7.15. The highest BCUT2D eigenvalue weighted by atomic mass is 19.4. The second kappa shape index (κ2) is 7.73. The molecule has 29 heavy (non-hydrogen) atoms. The van der Waals surface area contributed by atoms with Crippen LogP contribution >= 0.6 is 0 Å². The van der Waals surface area contributed by atoms with Crippen molar-refractivity contribution < 1.29 is 18.0 Å². The van der Waals surface area contributed by atoms with Crippen molar-refractivity contribution in [2.45, 2.75) is 31.5 Å². The summed E-state index contributed by atoms with van der Waals surface area (Å²) in [5.41, 5.74) is 2.29. The molecule has 0 radical (unpaired) electrons. The lowest BCUT2D eigenvalue weighted by Gasteiger charge is -2.09. The van der Waals surface area contributed by atoms with Gasteiger partial charge in [0.2, 0.25) is 0 Å². The summed E-state index contributed by atoms with van der Waals surface area (Å²) in [5, 5.41) is 6.46. The van der Waals surface area contributed by atoms with Crippen LogP contribution < -0.4 is 5.32 Å². The molecule has 1 saturated carbocycles. The lowest BCUT2D eigenvalue weighted by atomic mass is 10.0. The standard InChI is InChI=1S/C22H20F3N3O/c23-22(24,25)20-14-19(17-8-9-17)28(27-20)13-12-26-21(29)18-10-6-16(7-11-18)15-4-2-1-3-5-15/h1-7,10-11,14,17H,8-9,12-13H2,(H,26,29). The summed E-state index contributed by atoms with van der Waals surface area (Å²) in [6.45, 7) is 0.410. The second-order valence-corrected chi connectivity index (χ2v) is 7.15. The largest absolute Gasteiger partial charge is 0.435 e. The molecule has 1 N–H and O–H groups in total. The Morgan fingerprint density at radius 2 is 1.69 bits per heavy atom. The Labute approximate surface area is 166 Å². The predicted octanol–water partition coefficient (Wildman–Crippen LogP) is 4.88. The van der Waals surface area contributed by atoms with Crippen molar-refractivity contribution in [1.29, 1.82) is 0 Å². The summed E-state index contributed by atoms with van der Waals surface area (Å²) in [6, 6.07) is 18.2. The van der Waals surface area contributed by atoms with Crippen LogP contribution in [0.4, 0.5) is 13.2 Å². The van der Waals surface area contributed by atoms with Gasteiger partial charge >= 0.3 is 6.18 Å². The molecule has 0 saturated heterocycles. The topological polar surface area (TPSA) is 46.9 Å². The summed E-state index contributed by atoms with van der Waals surface area (Å²) < 4.78 is 40.2. The number of halogens is 3. The van der Waals surface area contributed by atoms with E-state index in [1.807, 2.05) is 42.5 Å². The molecule has 0 aliphatic heterocycles. The molecule has 1 fully saturated rings. The van der Waals surface area contributed by atoms with Gasteiger partial charge in [0.1, 0.15) is 0 Å². The molecule has 0 atom stereocenters. The Kier molecular flexibility index (Phi) is 5.13. The fourth-order valence-electron chi connectivity index (χ4n) is 3.28. The monoisotopic (exact) mass is 399 g/mol. The number of nitrogens with one attached hydrogen (secondary N) is 1. The van der Waals surface area contributed by atoms with Crippen LogP contribution in [-0.2, 0) is 12.7 Å². The van der Waals surface area contributed by atoms with Crippen molar-refractivity contribution in [2.24, 2.45) is 0 Å². The molecular weight excluding hydrogens is 379 g/mol. The van der Waals surface area contributed by atoms with E-state index in [1.165, 1.54) is 4.68 Å². The zero-order valence-corrected chi connectivity index (χ0v) is 15.6. The van der Waals surface area contributed by atoms with Crippen molar-refractivity contribution >= 4 is 5.91 Å². The van der Waals surface area contributed by atoms with Gasteiger partial charge < -0.3 is 5.32 Å². The van der Waals surface area contributed by atoms with E-state index in [0.717, 1.165) is 30.0 Å². The number of amides is 1. The van der Waals surface area contributed by atoms with E-state index in [9.17, 15) is 18.0 Å². The quantitative estimate of drug-likeness (QED) is 0.642. The summed E-state index contributed by atoms with van der Waals surface area (Å²) >= 11 is 0. The van der Waals surface area contributed by atoms with Crippen molar-refractivity contribution in [3.05, 3.63) is 77.6 Å². The smallest absolute Gasteiger partial charge is 0.350 e. The minimum absolute atomic E-state index is 0.139. The Morgan fingerprint density at radius 1 is 1.03 bits per heavy atom. The fourth-order valence-corrected chi connectivity index (χ4v) is 3.28. The number of hydrogen-bond acceptors (Lipinski definition) is 2. The van der Waals surface area contributed by atoms with Crippen molar-refractivity contribution in [1.82, 2.24) is 15.1 Å². The number of carbonyl (C=O) groups is 1. The molecule has 7 heteroatoms. The van der Waals surface area contributed by atoms with Crippen LogP contribution in [-0.4, -0.2) is 22.2 Å². The van der Waals surface area contributed by atoms with Gasteiger partial charge in [-0.3, -0.25) is 9.48 Å². The third-order valence-corrected chi connectivity index (χ3v) is 4.96. The van der Waals surface area contributed by atoms with Crippen LogP contribution in [0.25, 0.3) is 11.1 Å². The Bertz CT molecular complexity index is 990. The molecule has 4 rings (SSSR count). The van der Waals surface area contributed by atoms with Gasteiger partial charge in [-0.1, -0.05) is 42.5 Å². The molecule has 0 bridgehead atoms. The van der Waals surface area contributed by atoms with Crippen LogP contribution in [0.2, 0.25) is 0 Å². The van der Waals surface area contributed by atoms with Gasteiger partial charge in [0.05, 0.1) is 6.54 Å². The maximum absolute atomic E-state index is 12.9. The first-order valence-corrected chi connectivity index (χ1v) is 9.50. The highest BCUT2D eigenvalue weighted by molar-refractivity contribution is 5.94.